The maximum atomic E-state index is 12.9. The summed E-state index contributed by atoms with van der Waals surface area (Å²) in [5, 5.41) is 8.91. The van der Waals surface area contributed by atoms with E-state index in [0.29, 0.717) is 18.7 Å². The van der Waals surface area contributed by atoms with Crippen molar-refractivity contribution in [3.05, 3.63) is 29.8 Å². The number of carbonyl (C=O) groups excluding carboxylic acids is 2. The van der Waals surface area contributed by atoms with Crippen LogP contribution in [0, 0.1) is 11.3 Å². The molecule has 1 aromatic carbocycles. The molecule has 2 saturated heterocycles. The fraction of sp³-hybridized carbons (Fsp3) is 0.526. The SMILES string of the molecule is CC(=O)N1CCC[C@@H]1C(=O)N1CCCN(c2ccc(C#N)cc2)CC1. The van der Waals surface area contributed by atoms with Crippen molar-refractivity contribution in [2.24, 2.45) is 0 Å². The molecule has 2 aliphatic heterocycles. The Kier molecular flexibility index (Phi) is 5.22. The van der Waals surface area contributed by atoms with Crippen molar-refractivity contribution in [3.63, 3.8) is 0 Å². The Morgan fingerprint density at radius 3 is 2.48 bits per heavy atom. The van der Waals surface area contributed by atoms with Gasteiger partial charge in [-0.2, -0.15) is 5.26 Å². The molecular formula is C19H24N4O2. The van der Waals surface area contributed by atoms with Crippen LogP contribution in [0.5, 0.6) is 0 Å². The highest BCUT2D eigenvalue weighted by molar-refractivity contribution is 5.87. The summed E-state index contributed by atoms with van der Waals surface area (Å²) in [7, 11) is 0. The second-order valence-corrected chi connectivity index (χ2v) is 6.70. The molecule has 0 aromatic heterocycles. The third kappa shape index (κ3) is 3.76. The van der Waals surface area contributed by atoms with Crippen LogP contribution in [0.3, 0.4) is 0 Å². The fourth-order valence-electron chi connectivity index (χ4n) is 3.75. The topological polar surface area (TPSA) is 67.7 Å². The number of nitriles is 1. The quantitative estimate of drug-likeness (QED) is 0.820. The van der Waals surface area contributed by atoms with Gasteiger partial charge in [-0.15, -0.1) is 0 Å². The van der Waals surface area contributed by atoms with E-state index in [2.05, 4.69) is 11.0 Å². The molecule has 0 spiro atoms. The Hall–Kier alpha value is -2.55. The summed E-state index contributed by atoms with van der Waals surface area (Å²) in [5.41, 5.74) is 1.74. The minimum absolute atomic E-state index is 0.00937. The second kappa shape index (κ2) is 7.56. The molecule has 3 rings (SSSR count). The summed E-state index contributed by atoms with van der Waals surface area (Å²) in [6.45, 7) is 5.29. The van der Waals surface area contributed by atoms with Crippen LogP contribution in [0.25, 0.3) is 0 Å². The Labute approximate surface area is 148 Å². The van der Waals surface area contributed by atoms with E-state index in [0.717, 1.165) is 44.6 Å². The standard InChI is InChI=1S/C19H24N4O2/c1-15(24)23-11-2-4-18(23)19(25)22-10-3-9-21(12-13-22)17-7-5-16(14-20)6-8-17/h5-8,18H,2-4,9-13H2,1H3/t18-/m1/s1. The molecule has 132 valence electrons. The van der Waals surface area contributed by atoms with E-state index in [1.807, 2.05) is 29.2 Å². The lowest BCUT2D eigenvalue weighted by Crippen LogP contribution is -2.48. The maximum Gasteiger partial charge on any atom is 0.245 e. The van der Waals surface area contributed by atoms with Crippen molar-refractivity contribution >= 4 is 17.5 Å². The molecule has 0 bridgehead atoms. The number of anilines is 1. The molecule has 0 radical (unpaired) electrons. The minimum atomic E-state index is -0.279. The molecule has 2 heterocycles. The smallest absolute Gasteiger partial charge is 0.245 e. The lowest BCUT2D eigenvalue weighted by molar-refractivity contribution is -0.142. The van der Waals surface area contributed by atoms with E-state index in [9.17, 15) is 9.59 Å². The minimum Gasteiger partial charge on any atom is -0.370 e. The number of likely N-dealkylation sites (tertiary alicyclic amines) is 1. The zero-order chi connectivity index (χ0) is 17.8. The van der Waals surface area contributed by atoms with Gasteiger partial charge in [0.05, 0.1) is 11.6 Å². The Morgan fingerprint density at radius 1 is 1.04 bits per heavy atom. The number of rotatable bonds is 2. The number of hydrogen-bond acceptors (Lipinski definition) is 4. The molecule has 1 atom stereocenters. The molecule has 2 fully saturated rings. The summed E-state index contributed by atoms with van der Waals surface area (Å²) in [6.07, 6.45) is 2.58. The van der Waals surface area contributed by atoms with Gasteiger partial charge in [0.15, 0.2) is 0 Å². The summed E-state index contributed by atoms with van der Waals surface area (Å²) in [6, 6.07) is 9.43. The van der Waals surface area contributed by atoms with Crippen LogP contribution in [-0.4, -0.2) is 60.4 Å². The molecule has 6 nitrogen and oxygen atoms in total. The van der Waals surface area contributed by atoms with Gasteiger partial charge in [0.25, 0.3) is 0 Å². The fourth-order valence-corrected chi connectivity index (χ4v) is 3.75. The van der Waals surface area contributed by atoms with Crippen molar-refractivity contribution in [1.82, 2.24) is 9.80 Å². The van der Waals surface area contributed by atoms with Gasteiger partial charge in [-0.1, -0.05) is 0 Å². The Balaban J connectivity index is 1.64. The lowest BCUT2D eigenvalue weighted by Gasteiger charge is -2.29. The molecule has 25 heavy (non-hydrogen) atoms. The monoisotopic (exact) mass is 340 g/mol. The van der Waals surface area contributed by atoms with E-state index < -0.39 is 0 Å². The summed E-state index contributed by atoms with van der Waals surface area (Å²) in [5.74, 6) is 0.0826. The van der Waals surface area contributed by atoms with Gasteiger partial charge in [0, 0.05) is 45.3 Å². The maximum absolute atomic E-state index is 12.9. The number of amides is 2. The second-order valence-electron chi connectivity index (χ2n) is 6.70. The summed E-state index contributed by atoms with van der Waals surface area (Å²) < 4.78 is 0. The molecule has 2 amide bonds. The van der Waals surface area contributed by atoms with Gasteiger partial charge in [-0.3, -0.25) is 9.59 Å². The molecule has 0 unspecified atom stereocenters. The van der Waals surface area contributed by atoms with Crippen molar-refractivity contribution < 1.29 is 9.59 Å². The number of hydrogen-bond donors (Lipinski definition) is 0. The predicted octanol–water partition coefficient (Wildman–Crippen LogP) is 1.61. The van der Waals surface area contributed by atoms with Crippen molar-refractivity contribution in [2.45, 2.75) is 32.2 Å². The van der Waals surface area contributed by atoms with Gasteiger partial charge < -0.3 is 14.7 Å². The van der Waals surface area contributed by atoms with E-state index >= 15 is 0 Å². The van der Waals surface area contributed by atoms with Gasteiger partial charge in [-0.25, -0.2) is 0 Å². The third-order valence-electron chi connectivity index (χ3n) is 5.11. The largest absolute Gasteiger partial charge is 0.370 e. The molecule has 0 saturated carbocycles. The van der Waals surface area contributed by atoms with E-state index in [1.54, 1.807) is 11.8 Å². The first-order valence-corrected chi connectivity index (χ1v) is 8.91. The van der Waals surface area contributed by atoms with Crippen LogP contribution in [0.2, 0.25) is 0 Å². The van der Waals surface area contributed by atoms with Crippen molar-refractivity contribution in [3.8, 4) is 6.07 Å². The van der Waals surface area contributed by atoms with Crippen LogP contribution < -0.4 is 4.90 Å². The average Bonchev–Trinajstić information content (AvgIpc) is 3.00. The third-order valence-corrected chi connectivity index (χ3v) is 5.11. The average molecular weight is 340 g/mol. The summed E-state index contributed by atoms with van der Waals surface area (Å²) >= 11 is 0. The first-order chi connectivity index (χ1) is 12.1. The highest BCUT2D eigenvalue weighted by atomic mass is 16.2. The molecule has 2 aliphatic rings. The number of benzene rings is 1. The van der Waals surface area contributed by atoms with Crippen LogP contribution in [0.15, 0.2) is 24.3 Å². The Bertz CT molecular complexity index is 680. The van der Waals surface area contributed by atoms with Gasteiger partial charge in [0.1, 0.15) is 6.04 Å². The van der Waals surface area contributed by atoms with Crippen molar-refractivity contribution in [2.75, 3.05) is 37.6 Å². The molecule has 1 aromatic rings. The van der Waals surface area contributed by atoms with E-state index in [4.69, 9.17) is 5.26 Å². The molecule has 0 N–H and O–H groups in total. The Morgan fingerprint density at radius 2 is 1.80 bits per heavy atom. The van der Waals surface area contributed by atoms with E-state index in [1.165, 1.54) is 0 Å². The number of carbonyl (C=O) groups is 2. The van der Waals surface area contributed by atoms with Gasteiger partial charge in [0.2, 0.25) is 11.8 Å². The molecule has 6 heteroatoms. The normalized spacial score (nSPS) is 21.0. The highest BCUT2D eigenvalue weighted by Crippen LogP contribution is 2.22. The molecule has 0 aliphatic carbocycles. The van der Waals surface area contributed by atoms with Crippen LogP contribution in [-0.2, 0) is 9.59 Å². The zero-order valence-corrected chi connectivity index (χ0v) is 14.6. The molecular weight excluding hydrogens is 316 g/mol. The number of nitrogens with zero attached hydrogens (tertiary/aromatic N) is 4. The predicted molar refractivity (Wildman–Crippen MR) is 95.0 cm³/mol. The van der Waals surface area contributed by atoms with Crippen LogP contribution in [0.4, 0.5) is 5.69 Å². The lowest BCUT2D eigenvalue weighted by atomic mass is 10.2. The van der Waals surface area contributed by atoms with Crippen LogP contribution in [0.1, 0.15) is 31.7 Å². The zero-order valence-electron chi connectivity index (χ0n) is 14.6. The van der Waals surface area contributed by atoms with Crippen LogP contribution >= 0.6 is 0 Å². The van der Waals surface area contributed by atoms with Crippen molar-refractivity contribution in [1.29, 1.82) is 5.26 Å². The highest BCUT2D eigenvalue weighted by Gasteiger charge is 2.35. The van der Waals surface area contributed by atoms with Gasteiger partial charge in [-0.05, 0) is 43.5 Å². The first kappa shape index (κ1) is 17.3. The van der Waals surface area contributed by atoms with E-state index in [-0.39, 0.29) is 17.9 Å². The summed E-state index contributed by atoms with van der Waals surface area (Å²) in [4.78, 5) is 30.5. The van der Waals surface area contributed by atoms with Gasteiger partial charge >= 0.3 is 0 Å². The first-order valence-electron chi connectivity index (χ1n) is 8.91.